The van der Waals surface area contributed by atoms with Crippen LogP contribution in [0.3, 0.4) is 0 Å². The summed E-state index contributed by atoms with van der Waals surface area (Å²) in [5.41, 5.74) is 0. The van der Waals surface area contributed by atoms with Crippen LogP contribution in [-0.2, 0) is 37.1 Å². The molecular formula is C29H46N12O9S2. The molecule has 5 amide bonds. The second-order valence-electron chi connectivity index (χ2n) is 11.3. The third kappa shape index (κ3) is 17.0. The van der Waals surface area contributed by atoms with Crippen molar-refractivity contribution in [3.05, 3.63) is 45.0 Å². The van der Waals surface area contributed by atoms with Crippen molar-refractivity contribution in [2.24, 2.45) is 0 Å². The SMILES string of the molecule is O=C(CCn1ccnc1[N+](=O)[O-])NCCCC[C@H](NC(=O)CCn1ccnc1[N+](=O)[O-])C(=O)NCCCNC(=O)CN(CCS)CC(=O)NCCS. The maximum Gasteiger partial charge on any atom is 0.434 e. The van der Waals surface area contributed by atoms with Crippen LogP contribution in [0, 0.1) is 20.2 Å². The summed E-state index contributed by atoms with van der Waals surface area (Å²) in [5.74, 6) is -1.65. The average molecular weight is 771 g/mol. The Labute approximate surface area is 310 Å². The Hall–Kier alpha value is -4.77. The van der Waals surface area contributed by atoms with E-state index in [1.165, 1.54) is 33.9 Å². The highest BCUT2D eigenvalue weighted by molar-refractivity contribution is 7.80. The number of carbonyl (C=O) groups is 5. The van der Waals surface area contributed by atoms with Crippen LogP contribution in [0.1, 0.15) is 38.5 Å². The maximum absolute atomic E-state index is 13.1. The van der Waals surface area contributed by atoms with Crippen molar-refractivity contribution in [2.75, 3.05) is 57.3 Å². The van der Waals surface area contributed by atoms with E-state index in [1.54, 1.807) is 4.90 Å². The molecule has 288 valence electrons. The van der Waals surface area contributed by atoms with Gasteiger partial charge in [-0.1, -0.05) is 9.97 Å². The summed E-state index contributed by atoms with van der Waals surface area (Å²) in [6.45, 7) is 1.61. The Balaban J connectivity index is 1.82. The zero-order valence-electron chi connectivity index (χ0n) is 28.6. The maximum atomic E-state index is 13.1. The summed E-state index contributed by atoms with van der Waals surface area (Å²) >= 11 is 8.24. The summed E-state index contributed by atoms with van der Waals surface area (Å²) in [7, 11) is 0. The standard InChI is InChI=1S/C29H46N12O9S2/c42-23(5-13-38-15-10-34-28(38)40(47)48)30-7-2-1-4-22(36-24(43)6-14-39-16-11-35-29(39)41(49)50)27(46)33-9-3-8-31-25(44)20-37(17-19-52)21-26(45)32-12-18-51/h10-11,15-16,22,51-52H,1-9,12-14,17-21H2,(H,30,42)(H,31,44)(H,32,45)(H,33,46)(H,36,43)/t22-/m0/s1. The predicted octanol–water partition coefficient (Wildman–Crippen LogP) is -0.952. The van der Waals surface area contributed by atoms with Crippen LogP contribution in [0.25, 0.3) is 0 Å². The zero-order valence-corrected chi connectivity index (χ0v) is 30.4. The van der Waals surface area contributed by atoms with Gasteiger partial charge in [0.25, 0.3) is 0 Å². The number of nitrogens with one attached hydrogen (secondary N) is 5. The first kappa shape index (κ1) is 43.4. The molecule has 2 heterocycles. The molecule has 0 saturated carbocycles. The van der Waals surface area contributed by atoms with E-state index in [0.717, 1.165) is 0 Å². The molecule has 0 fully saturated rings. The minimum absolute atomic E-state index is 0.00436. The summed E-state index contributed by atoms with van der Waals surface area (Å²) in [4.78, 5) is 92.3. The minimum atomic E-state index is -0.944. The molecule has 0 aromatic carbocycles. The first-order valence-corrected chi connectivity index (χ1v) is 17.8. The molecule has 0 aliphatic heterocycles. The molecule has 0 radical (unpaired) electrons. The molecule has 2 aromatic heterocycles. The Morgan fingerprint density at radius 3 is 1.79 bits per heavy atom. The molecular weight excluding hydrogens is 725 g/mol. The number of amides is 5. The van der Waals surface area contributed by atoms with E-state index in [1.807, 2.05) is 0 Å². The van der Waals surface area contributed by atoms with E-state index in [9.17, 15) is 44.2 Å². The first-order chi connectivity index (χ1) is 24.9. The smallest absolute Gasteiger partial charge is 0.390 e. The number of aromatic nitrogens is 4. The van der Waals surface area contributed by atoms with Crippen molar-refractivity contribution in [2.45, 2.75) is 57.7 Å². The molecule has 0 unspecified atom stereocenters. The van der Waals surface area contributed by atoms with Gasteiger partial charge in [-0.15, -0.1) is 0 Å². The van der Waals surface area contributed by atoms with Gasteiger partial charge in [0.15, 0.2) is 0 Å². The normalized spacial score (nSPS) is 11.4. The predicted molar refractivity (Wildman–Crippen MR) is 194 cm³/mol. The lowest BCUT2D eigenvalue weighted by atomic mass is 10.1. The molecule has 2 aromatic rings. The van der Waals surface area contributed by atoms with E-state index >= 15 is 0 Å². The molecule has 2 rings (SSSR count). The van der Waals surface area contributed by atoms with Gasteiger partial charge in [-0.2, -0.15) is 25.3 Å². The highest BCUT2D eigenvalue weighted by atomic mass is 32.1. The number of aryl methyl sites for hydroxylation is 2. The molecule has 0 aliphatic carbocycles. The fraction of sp³-hybridized carbons (Fsp3) is 0.621. The van der Waals surface area contributed by atoms with E-state index in [0.29, 0.717) is 43.9 Å². The molecule has 1 atom stereocenters. The lowest BCUT2D eigenvalue weighted by Gasteiger charge is -2.20. The van der Waals surface area contributed by atoms with Crippen molar-refractivity contribution in [3.63, 3.8) is 0 Å². The molecule has 0 bridgehead atoms. The van der Waals surface area contributed by atoms with E-state index in [2.05, 4.69) is 61.8 Å². The third-order valence-electron chi connectivity index (χ3n) is 7.33. The first-order valence-electron chi connectivity index (χ1n) is 16.6. The summed E-state index contributed by atoms with van der Waals surface area (Å²) < 4.78 is 2.48. The van der Waals surface area contributed by atoms with Gasteiger partial charge in [0.05, 0.1) is 39.0 Å². The van der Waals surface area contributed by atoms with Crippen molar-refractivity contribution in [1.82, 2.24) is 50.6 Å². The number of unbranched alkanes of at least 4 members (excludes halogenated alkanes) is 1. The molecule has 0 aliphatic rings. The number of nitrogens with zero attached hydrogens (tertiary/aromatic N) is 7. The van der Waals surface area contributed by atoms with Crippen molar-refractivity contribution in [3.8, 4) is 0 Å². The van der Waals surface area contributed by atoms with Crippen LogP contribution in [0.15, 0.2) is 24.8 Å². The van der Waals surface area contributed by atoms with Crippen LogP contribution in [-0.4, -0.2) is 127 Å². The number of hydrogen-bond acceptors (Lipinski definition) is 14. The van der Waals surface area contributed by atoms with Gasteiger partial charge in [-0.05, 0) is 35.5 Å². The van der Waals surface area contributed by atoms with Crippen molar-refractivity contribution >= 4 is 66.7 Å². The third-order valence-corrected chi connectivity index (χ3v) is 7.75. The fourth-order valence-corrected chi connectivity index (χ4v) is 5.18. The van der Waals surface area contributed by atoms with Crippen LogP contribution >= 0.6 is 25.3 Å². The lowest BCUT2D eigenvalue weighted by Crippen LogP contribution is -2.47. The topological polar surface area (TPSA) is 271 Å². The molecule has 23 heteroatoms. The van der Waals surface area contributed by atoms with Crippen LogP contribution in [0.4, 0.5) is 11.9 Å². The van der Waals surface area contributed by atoms with Gasteiger partial charge in [-0.3, -0.25) is 28.9 Å². The highest BCUT2D eigenvalue weighted by Crippen LogP contribution is 2.10. The minimum Gasteiger partial charge on any atom is -0.390 e. The van der Waals surface area contributed by atoms with Crippen LogP contribution in [0.2, 0.25) is 0 Å². The van der Waals surface area contributed by atoms with E-state index in [4.69, 9.17) is 0 Å². The number of rotatable bonds is 27. The van der Waals surface area contributed by atoms with Gasteiger partial charge in [0.2, 0.25) is 29.5 Å². The van der Waals surface area contributed by atoms with Crippen LogP contribution < -0.4 is 26.6 Å². The molecule has 0 spiro atoms. The second kappa shape index (κ2) is 24.4. The lowest BCUT2D eigenvalue weighted by molar-refractivity contribution is -0.396. The highest BCUT2D eigenvalue weighted by Gasteiger charge is 2.22. The van der Waals surface area contributed by atoms with Gasteiger partial charge >= 0.3 is 11.9 Å². The quantitative estimate of drug-likeness (QED) is 0.0251. The molecule has 0 saturated heterocycles. The Bertz CT molecular complexity index is 1490. The summed E-state index contributed by atoms with van der Waals surface area (Å²) in [6, 6.07) is -0.944. The Kier molecular flexibility index (Phi) is 20.4. The molecule has 21 nitrogen and oxygen atoms in total. The Morgan fingerprint density at radius 1 is 0.712 bits per heavy atom. The summed E-state index contributed by atoms with van der Waals surface area (Å²) in [5, 5.41) is 35.7. The van der Waals surface area contributed by atoms with Gasteiger partial charge in [0.1, 0.15) is 30.8 Å². The largest absolute Gasteiger partial charge is 0.434 e. The Morgan fingerprint density at radius 2 is 1.23 bits per heavy atom. The van der Waals surface area contributed by atoms with E-state index in [-0.39, 0.29) is 88.7 Å². The van der Waals surface area contributed by atoms with Gasteiger partial charge < -0.3 is 46.8 Å². The molecule has 52 heavy (non-hydrogen) atoms. The monoisotopic (exact) mass is 770 g/mol. The molecule has 5 N–H and O–H groups in total. The number of imidazole rings is 2. The van der Waals surface area contributed by atoms with Gasteiger partial charge in [-0.25, -0.2) is 9.13 Å². The summed E-state index contributed by atoms with van der Waals surface area (Å²) in [6.07, 6.45) is 6.65. The van der Waals surface area contributed by atoms with Crippen molar-refractivity contribution in [1.29, 1.82) is 0 Å². The average Bonchev–Trinajstić information content (AvgIpc) is 3.78. The number of nitro groups is 2. The number of thiol groups is 2. The number of hydrogen-bond donors (Lipinski definition) is 7. The zero-order chi connectivity index (χ0) is 38.3. The van der Waals surface area contributed by atoms with Crippen LogP contribution in [0.5, 0.6) is 0 Å². The fourth-order valence-electron chi connectivity index (χ4n) is 4.78. The van der Waals surface area contributed by atoms with Gasteiger partial charge in [0, 0.05) is 44.2 Å². The van der Waals surface area contributed by atoms with E-state index < -0.39 is 33.7 Å². The second-order valence-corrected chi connectivity index (χ2v) is 12.2. The number of carbonyl (C=O) groups excluding carboxylic acids is 5. The van der Waals surface area contributed by atoms with Crippen molar-refractivity contribution < 1.29 is 33.8 Å².